The molecular weight excluding hydrogens is 207 g/mol. The van der Waals surface area contributed by atoms with Crippen LogP contribution in [0, 0.1) is 5.82 Å². The van der Waals surface area contributed by atoms with Crippen molar-refractivity contribution in [3.8, 4) is 5.75 Å². The van der Waals surface area contributed by atoms with Crippen LogP contribution in [0.5, 0.6) is 5.75 Å². The predicted octanol–water partition coefficient (Wildman–Crippen LogP) is 2.47. The molecule has 1 aromatic carbocycles. The first-order chi connectivity index (χ1) is 6.57. The third kappa shape index (κ3) is 1.47. The summed E-state index contributed by atoms with van der Waals surface area (Å²) in [7, 11) is 1.45. The van der Waals surface area contributed by atoms with Gasteiger partial charge in [0.15, 0.2) is 0 Å². The fourth-order valence-electron chi connectivity index (χ4n) is 1.41. The first kappa shape index (κ1) is 9.74. The molecule has 4 heteroatoms. The summed E-state index contributed by atoms with van der Waals surface area (Å²) in [6.07, 6.45) is 1.25. The summed E-state index contributed by atoms with van der Waals surface area (Å²) in [4.78, 5) is 0. The van der Waals surface area contributed by atoms with E-state index < -0.39 is 11.4 Å². The normalized spacial score (nSPS) is 18.0. The number of methoxy groups -OCH3 is 1. The van der Waals surface area contributed by atoms with Gasteiger partial charge in [0, 0.05) is 11.6 Å². The molecule has 0 atom stereocenters. The van der Waals surface area contributed by atoms with Crippen molar-refractivity contribution in [3.05, 3.63) is 28.5 Å². The molecule has 1 aliphatic rings. The summed E-state index contributed by atoms with van der Waals surface area (Å²) in [5.74, 6) is -0.177. The molecule has 0 amide bonds. The fourth-order valence-corrected chi connectivity index (χ4v) is 1.69. The first-order valence-electron chi connectivity index (χ1n) is 4.33. The lowest BCUT2D eigenvalue weighted by Gasteiger charge is -2.12. The molecule has 0 spiro atoms. The molecule has 0 heterocycles. The second kappa shape index (κ2) is 3.11. The van der Waals surface area contributed by atoms with E-state index in [0.717, 1.165) is 0 Å². The average Bonchev–Trinajstić information content (AvgIpc) is 2.89. The molecule has 0 saturated heterocycles. The van der Waals surface area contributed by atoms with Crippen molar-refractivity contribution in [2.75, 3.05) is 7.11 Å². The topological polar surface area (TPSA) is 29.5 Å². The number of aliphatic hydroxyl groups is 1. The molecule has 1 aliphatic carbocycles. The smallest absolute Gasteiger partial charge is 0.145 e. The van der Waals surface area contributed by atoms with Gasteiger partial charge in [0.1, 0.15) is 11.6 Å². The number of benzene rings is 1. The van der Waals surface area contributed by atoms with Gasteiger partial charge in [0.2, 0.25) is 0 Å². The molecule has 0 bridgehead atoms. The summed E-state index contributed by atoms with van der Waals surface area (Å²) >= 11 is 5.76. The summed E-state index contributed by atoms with van der Waals surface area (Å²) in [6, 6.07) is 2.79. The van der Waals surface area contributed by atoms with Gasteiger partial charge in [-0.1, -0.05) is 11.6 Å². The van der Waals surface area contributed by atoms with Crippen LogP contribution in [0.2, 0.25) is 5.02 Å². The van der Waals surface area contributed by atoms with Gasteiger partial charge in [-0.25, -0.2) is 4.39 Å². The highest BCUT2D eigenvalue weighted by atomic mass is 35.5. The van der Waals surface area contributed by atoms with Crippen LogP contribution < -0.4 is 4.74 Å². The highest BCUT2D eigenvalue weighted by Gasteiger charge is 2.44. The Morgan fingerprint density at radius 2 is 2.14 bits per heavy atom. The third-order valence-electron chi connectivity index (χ3n) is 2.46. The Morgan fingerprint density at radius 3 is 2.64 bits per heavy atom. The van der Waals surface area contributed by atoms with Crippen LogP contribution >= 0.6 is 11.6 Å². The molecule has 2 nitrogen and oxygen atoms in total. The van der Waals surface area contributed by atoms with Crippen LogP contribution in [-0.4, -0.2) is 12.2 Å². The molecule has 76 valence electrons. The highest BCUT2D eigenvalue weighted by molar-refractivity contribution is 6.31. The van der Waals surface area contributed by atoms with Gasteiger partial charge in [-0.2, -0.15) is 0 Å². The summed E-state index contributed by atoms with van der Waals surface area (Å²) in [5.41, 5.74) is -0.511. The van der Waals surface area contributed by atoms with E-state index in [1.165, 1.54) is 13.2 Å². The Hall–Kier alpha value is -0.800. The summed E-state index contributed by atoms with van der Waals surface area (Å²) in [5, 5.41) is 9.81. The highest BCUT2D eigenvalue weighted by Crippen LogP contribution is 2.49. The third-order valence-corrected chi connectivity index (χ3v) is 2.85. The zero-order valence-electron chi connectivity index (χ0n) is 7.68. The van der Waals surface area contributed by atoms with E-state index in [0.29, 0.717) is 24.2 Å². The number of rotatable bonds is 2. The van der Waals surface area contributed by atoms with Crippen LogP contribution in [0.25, 0.3) is 0 Å². The number of ether oxygens (including phenoxy) is 1. The van der Waals surface area contributed by atoms with Crippen molar-refractivity contribution in [2.24, 2.45) is 0 Å². The zero-order valence-corrected chi connectivity index (χ0v) is 8.44. The number of hydrogen-bond acceptors (Lipinski definition) is 2. The Morgan fingerprint density at radius 1 is 1.50 bits per heavy atom. The summed E-state index contributed by atoms with van der Waals surface area (Å²) < 4.78 is 18.2. The van der Waals surface area contributed by atoms with Gasteiger partial charge >= 0.3 is 0 Å². The van der Waals surface area contributed by atoms with Crippen molar-refractivity contribution >= 4 is 11.6 Å². The van der Waals surface area contributed by atoms with E-state index in [2.05, 4.69) is 0 Å². The molecule has 1 saturated carbocycles. The van der Waals surface area contributed by atoms with E-state index in [9.17, 15) is 9.50 Å². The molecule has 0 unspecified atom stereocenters. The van der Waals surface area contributed by atoms with Crippen LogP contribution in [0.4, 0.5) is 4.39 Å². The minimum atomic E-state index is -0.938. The maximum atomic E-state index is 13.3. The van der Waals surface area contributed by atoms with Crippen LogP contribution in [0.3, 0.4) is 0 Å². The first-order valence-corrected chi connectivity index (χ1v) is 4.70. The maximum absolute atomic E-state index is 13.3. The van der Waals surface area contributed by atoms with E-state index in [1.54, 1.807) is 6.07 Å². The van der Waals surface area contributed by atoms with Crippen molar-refractivity contribution in [1.82, 2.24) is 0 Å². The van der Waals surface area contributed by atoms with Crippen LogP contribution in [-0.2, 0) is 5.60 Å². The quantitative estimate of drug-likeness (QED) is 0.823. The molecular formula is C10H10ClFO2. The lowest BCUT2D eigenvalue weighted by molar-refractivity contribution is 0.151. The van der Waals surface area contributed by atoms with Gasteiger partial charge in [0.05, 0.1) is 17.7 Å². The molecule has 1 N–H and O–H groups in total. The van der Waals surface area contributed by atoms with E-state index >= 15 is 0 Å². The lowest BCUT2D eigenvalue weighted by Crippen LogP contribution is -2.06. The minimum Gasteiger partial charge on any atom is -0.497 e. The van der Waals surface area contributed by atoms with E-state index in [1.807, 2.05) is 0 Å². The monoisotopic (exact) mass is 216 g/mol. The van der Waals surface area contributed by atoms with Gasteiger partial charge < -0.3 is 9.84 Å². The molecule has 0 aliphatic heterocycles. The molecule has 0 aromatic heterocycles. The van der Waals surface area contributed by atoms with Gasteiger partial charge in [-0.05, 0) is 18.9 Å². The van der Waals surface area contributed by atoms with Crippen LogP contribution in [0.1, 0.15) is 18.4 Å². The molecule has 1 aromatic rings. The average molecular weight is 217 g/mol. The Bertz CT molecular complexity index is 375. The minimum absolute atomic E-state index is 0.00852. The Balaban J connectivity index is 2.52. The molecule has 14 heavy (non-hydrogen) atoms. The molecule has 0 radical (unpaired) electrons. The Kier molecular flexibility index (Phi) is 2.16. The van der Waals surface area contributed by atoms with E-state index in [-0.39, 0.29) is 5.02 Å². The van der Waals surface area contributed by atoms with Crippen molar-refractivity contribution < 1.29 is 14.2 Å². The number of halogens is 2. The largest absolute Gasteiger partial charge is 0.497 e. The second-order valence-corrected chi connectivity index (χ2v) is 3.88. The van der Waals surface area contributed by atoms with Gasteiger partial charge in [-0.3, -0.25) is 0 Å². The predicted molar refractivity (Wildman–Crippen MR) is 51.1 cm³/mol. The second-order valence-electron chi connectivity index (χ2n) is 3.50. The Labute approximate surface area is 86.3 Å². The van der Waals surface area contributed by atoms with E-state index in [4.69, 9.17) is 16.3 Å². The van der Waals surface area contributed by atoms with Gasteiger partial charge in [0.25, 0.3) is 0 Å². The summed E-state index contributed by atoms with van der Waals surface area (Å²) in [6.45, 7) is 0. The molecule has 1 fully saturated rings. The van der Waals surface area contributed by atoms with Gasteiger partial charge in [-0.15, -0.1) is 0 Å². The van der Waals surface area contributed by atoms with Crippen LogP contribution in [0.15, 0.2) is 12.1 Å². The van der Waals surface area contributed by atoms with Crippen molar-refractivity contribution in [1.29, 1.82) is 0 Å². The lowest BCUT2D eigenvalue weighted by atomic mass is 10.1. The SMILES string of the molecule is COc1cc(F)c(Cl)c(C2(O)CC2)c1. The fraction of sp³-hybridized carbons (Fsp3) is 0.400. The van der Waals surface area contributed by atoms with Crippen molar-refractivity contribution in [3.63, 3.8) is 0 Å². The zero-order chi connectivity index (χ0) is 10.3. The standard InChI is InChI=1S/C10H10ClFO2/c1-14-6-4-7(10(13)2-3-10)9(11)8(12)5-6/h4-5,13H,2-3H2,1H3. The maximum Gasteiger partial charge on any atom is 0.145 e. The number of hydrogen-bond donors (Lipinski definition) is 1. The molecule has 2 rings (SSSR count). The van der Waals surface area contributed by atoms with Crippen molar-refractivity contribution in [2.45, 2.75) is 18.4 Å².